The molecule has 1 saturated carbocycles. The zero-order chi connectivity index (χ0) is 21.7. The molecule has 3 aliphatic rings. The third kappa shape index (κ3) is 6.63. The summed E-state index contributed by atoms with van der Waals surface area (Å²) in [4.78, 5) is 16.1. The molecule has 170 valence electrons. The highest BCUT2D eigenvalue weighted by molar-refractivity contribution is 7.09. The Hall–Kier alpha value is -1.23. The van der Waals surface area contributed by atoms with Gasteiger partial charge in [0.2, 0.25) is 0 Å². The van der Waals surface area contributed by atoms with Gasteiger partial charge in [0.25, 0.3) is 0 Å². The van der Waals surface area contributed by atoms with E-state index < -0.39 is 12.1 Å². The molecule has 1 aromatic heterocycles. The van der Waals surface area contributed by atoms with Crippen LogP contribution in [0.15, 0.2) is 5.38 Å². The maximum Gasteiger partial charge on any atom is 0.490 e. The number of aromatic nitrogens is 1. The topological polar surface area (TPSA) is 71.9 Å². The summed E-state index contributed by atoms with van der Waals surface area (Å²) in [5.74, 6) is -1.79. The van der Waals surface area contributed by atoms with Gasteiger partial charge in [-0.05, 0) is 44.9 Å². The Kier molecular flexibility index (Phi) is 8.11. The SMILES string of the molecule is Cc1nc(COC[C@@H]2CC[C@H]3[C@H](CCN3CC3CCC3)O2)cs1.O=C(O)C(F)(F)F. The summed E-state index contributed by atoms with van der Waals surface area (Å²) in [6, 6.07) is 0.674. The molecule has 0 amide bonds. The third-order valence-electron chi connectivity index (χ3n) is 5.93. The zero-order valence-corrected chi connectivity index (χ0v) is 17.9. The summed E-state index contributed by atoms with van der Waals surface area (Å²) < 4.78 is 43.9. The molecule has 4 rings (SSSR count). The van der Waals surface area contributed by atoms with E-state index in [1.54, 1.807) is 11.3 Å². The number of carbonyl (C=O) groups is 1. The molecule has 6 nitrogen and oxygen atoms in total. The molecule has 0 radical (unpaired) electrons. The zero-order valence-electron chi connectivity index (χ0n) is 17.1. The summed E-state index contributed by atoms with van der Waals surface area (Å²) in [5.41, 5.74) is 1.05. The van der Waals surface area contributed by atoms with Gasteiger partial charge in [-0.2, -0.15) is 13.2 Å². The van der Waals surface area contributed by atoms with E-state index in [2.05, 4.69) is 15.3 Å². The lowest BCUT2D eigenvalue weighted by Gasteiger charge is -2.38. The normalized spacial score (nSPS) is 27.1. The van der Waals surface area contributed by atoms with Crippen molar-refractivity contribution in [2.75, 3.05) is 19.7 Å². The molecule has 0 unspecified atom stereocenters. The van der Waals surface area contributed by atoms with Crippen LogP contribution < -0.4 is 0 Å². The number of carboxylic acids is 1. The van der Waals surface area contributed by atoms with E-state index in [0.717, 1.165) is 23.0 Å². The molecule has 1 N–H and O–H groups in total. The summed E-state index contributed by atoms with van der Waals surface area (Å²) in [7, 11) is 0. The number of fused-ring (bicyclic) bond motifs is 1. The van der Waals surface area contributed by atoms with Crippen molar-refractivity contribution >= 4 is 17.3 Å². The number of alkyl halides is 3. The first-order valence-electron chi connectivity index (χ1n) is 10.4. The Morgan fingerprint density at radius 2 is 2.07 bits per heavy atom. The van der Waals surface area contributed by atoms with Gasteiger partial charge >= 0.3 is 12.1 Å². The van der Waals surface area contributed by atoms with Gasteiger partial charge in [-0.1, -0.05) is 6.42 Å². The van der Waals surface area contributed by atoms with Gasteiger partial charge in [0.15, 0.2) is 0 Å². The van der Waals surface area contributed by atoms with Crippen LogP contribution in [0.2, 0.25) is 0 Å². The fourth-order valence-electron chi connectivity index (χ4n) is 4.21. The molecule has 0 bridgehead atoms. The van der Waals surface area contributed by atoms with E-state index >= 15 is 0 Å². The molecule has 1 aliphatic carbocycles. The van der Waals surface area contributed by atoms with E-state index in [4.69, 9.17) is 19.4 Å². The first kappa shape index (κ1) is 23.4. The van der Waals surface area contributed by atoms with Crippen molar-refractivity contribution in [2.24, 2.45) is 5.92 Å². The number of ether oxygens (including phenoxy) is 2. The molecule has 3 fully saturated rings. The first-order chi connectivity index (χ1) is 14.2. The summed E-state index contributed by atoms with van der Waals surface area (Å²) in [5, 5.41) is 10.3. The fourth-order valence-corrected chi connectivity index (χ4v) is 4.81. The van der Waals surface area contributed by atoms with Crippen molar-refractivity contribution in [3.8, 4) is 0 Å². The van der Waals surface area contributed by atoms with Crippen LogP contribution in [0, 0.1) is 12.8 Å². The number of nitrogens with zero attached hydrogens (tertiary/aromatic N) is 2. The minimum absolute atomic E-state index is 0.277. The number of aryl methyl sites for hydroxylation is 1. The molecular weight excluding hydrogens is 421 g/mol. The van der Waals surface area contributed by atoms with Crippen LogP contribution in [0.3, 0.4) is 0 Å². The van der Waals surface area contributed by atoms with Crippen molar-refractivity contribution in [1.82, 2.24) is 9.88 Å². The highest BCUT2D eigenvalue weighted by Crippen LogP contribution is 2.35. The predicted octanol–water partition coefficient (Wildman–Crippen LogP) is 4.02. The molecule has 3 heterocycles. The quantitative estimate of drug-likeness (QED) is 0.706. The number of hydrogen-bond acceptors (Lipinski definition) is 6. The van der Waals surface area contributed by atoms with Gasteiger partial charge in [-0.15, -0.1) is 11.3 Å². The van der Waals surface area contributed by atoms with Crippen molar-refractivity contribution in [1.29, 1.82) is 0 Å². The number of likely N-dealkylation sites (tertiary alicyclic amines) is 1. The molecular formula is C20H29F3N2O4S. The van der Waals surface area contributed by atoms with Crippen LogP contribution in [0.25, 0.3) is 0 Å². The molecule has 3 atom stereocenters. The van der Waals surface area contributed by atoms with Gasteiger partial charge in [0.05, 0.1) is 36.1 Å². The summed E-state index contributed by atoms with van der Waals surface area (Å²) in [6.07, 6.45) is 3.60. The van der Waals surface area contributed by atoms with Crippen molar-refractivity contribution < 1.29 is 32.5 Å². The number of thiazole rings is 1. The number of halogens is 3. The highest BCUT2D eigenvalue weighted by Gasteiger charge is 2.41. The summed E-state index contributed by atoms with van der Waals surface area (Å²) >= 11 is 1.69. The highest BCUT2D eigenvalue weighted by atomic mass is 32.1. The van der Waals surface area contributed by atoms with Gasteiger partial charge in [0.1, 0.15) is 0 Å². The molecule has 2 aliphatic heterocycles. The lowest BCUT2D eigenvalue weighted by atomic mass is 9.85. The fraction of sp³-hybridized carbons (Fsp3) is 0.800. The van der Waals surface area contributed by atoms with Crippen molar-refractivity contribution in [3.63, 3.8) is 0 Å². The molecule has 30 heavy (non-hydrogen) atoms. The van der Waals surface area contributed by atoms with Gasteiger partial charge in [-0.25, -0.2) is 9.78 Å². The first-order valence-corrected chi connectivity index (χ1v) is 11.3. The van der Waals surface area contributed by atoms with E-state index in [1.807, 2.05) is 6.92 Å². The maximum atomic E-state index is 10.6. The average Bonchev–Trinajstić information content (AvgIpc) is 3.23. The second kappa shape index (κ2) is 10.4. The van der Waals surface area contributed by atoms with Crippen molar-refractivity contribution in [2.45, 2.75) is 76.5 Å². The van der Waals surface area contributed by atoms with Crippen LogP contribution in [-0.2, 0) is 20.9 Å². The molecule has 10 heteroatoms. The molecule has 1 aromatic rings. The van der Waals surface area contributed by atoms with Crippen LogP contribution in [0.1, 0.15) is 49.2 Å². The standard InChI is InChI=1S/C18H28N2O2S.C2HF3O2/c1-13-19-15(12-23-13)10-21-11-16-5-6-17-18(22-16)7-8-20(17)9-14-3-2-4-14;3-2(4,5)1(6)7/h12,14,16-18H,2-11H2,1H3;(H,6,7)/t16-,17-,18-;/m0./s1. The second-order valence-electron chi connectivity index (χ2n) is 8.20. The van der Waals surface area contributed by atoms with E-state index in [9.17, 15) is 13.2 Å². The van der Waals surface area contributed by atoms with Crippen LogP contribution in [0.5, 0.6) is 0 Å². The number of rotatable bonds is 6. The Labute approximate surface area is 178 Å². The Morgan fingerprint density at radius 1 is 1.33 bits per heavy atom. The molecule has 0 spiro atoms. The third-order valence-corrected chi connectivity index (χ3v) is 6.75. The Balaban J connectivity index is 0.000000318. The average molecular weight is 451 g/mol. The summed E-state index contributed by atoms with van der Waals surface area (Å²) in [6.45, 7) is 5.91. The van der Waals surface area contributed by atoms with E-state index in [0.29, 0.717) is 25.4 Å². The molecule has 2 saturated heterocycles. The Bertz CT molecular complexity index is 696. The predicted molar refractivity (Wildman–Crippen MR) is 105 cm³/mol. The second-order valence-corrected chi connectivity index (χ2v) is 9.26. The van der Waals surface area contributed by atoms with Gasteiger partial charge in [-0.3, -0.25) is 4.90 Å². The number of hydrogen-bond donors (Lipinski definition) is 1. The minimum Gasteiger partial charge on any atom is -0.475 e. The maximum absolute atomic E-state index is 10.6. The minimum atomic E-state index is -5.08. The number of aliphatic carboxylic acids is 1. The lowest BCUT2D eigenvalue weighted by Crippen LogP contribution is -2.45. The number of carboxylic acid groups (broad SMARTS) is 1. The van der Waals surface area contributed by atoms with Crippen LogP contribution >= 0.6 is 11.3 Å². The van der Waals surface area contributed by atoms with Crippen LogP contribution in [-0.4, -0.2) is 65.1 Å². The van der Waals surface area contributed by atoms with Gasteiger partial charge in [0, 0.05) is 24.5 Å². The van der Waals surface area contributed by atoms with Crippen molar-refractivity contribution in [3.05, 3.63) is 16.1 Å². The Morgan fingerprint density at radius 3 is 2.63 bits per heavy atom. The molecule has 0 aromatic carbocycles. The van der Waals surface area contributed by atoms with Gasteiger partial charge < -0.3 is 14.6 Å². The largest absolute Gasteiger partial charge is 0.490 e. The van der Waals surface area contributed by atoms with Crippen LogP contribution in [0.4, 0.5) is 13.2 Å². The monoisotopic (exact) mass is 450 g/mol. The smallest absolute Gasteiger partial charge is 0.475 e. The lowest BCUT2D eigenvalue weighted by molar-refractivity contribution is -0.192. The van der Waals surface area contributed by atoms with E-state index in [-0.39, 0.29) is 6.10 Å². The van der Waals surface area contributed by atoms with E-state index in [1.165, 1.54) is 45.2 Å².